The van der Waals surface area contributed by atoms with E-state index in [0.717, 1.165) is 30.9 Å². The first kappa shape index (κ1) is 14.9. The molecule has 0 aliphatic heterocycles. The molecule has 0 saturated carbocycles. The first-order chi connectivity index (χ1) is 8.61. The van der Waals surface area contributed by atoms with Gasteiger partial charge >= 0.3 is 0 Å². The third-order valence-electron chi connectivity index (χ3n) is 2.46. The summed E-state index contributed by atoms with van der Waals surface area (Å²) < 4.78 is 4.98. The molecule has 18 heavy (non-hydrogen) atoms. The largest absolute Gasteiger partial charge is 0.385 e. The number of H-pyrrole nitrogens is 1. The Bertz CT molecular complexity index is 401. The van der Waals surface area contributed by atoms with E-state index in [1.807, 2.05) is 0 Å². The highest BCUT2D eigenvalue weighted by molar-refractivity contribution is 5.02. The summed E-state index contributed by atoms with van der Waals surface area (Å²) in [5.41, 5.74) is 0.714. The van der Waals surface area contributed by atoms with Gasteiger partial charge in [-0.3, -0.25) is 4.79 Å². The summed E-state index contributed by atoms with van der Waals surface area (Å²) >= 11 is 0. The smallest absolute Gasteiger partial charge is 0.251 e. The summed E-state index contributed by atoms with van der Waals surface area (Å²) in [4.78, 5) is 18.7. The molecular weight excluding hydrogens is 230 g/mol. The van der Waals surface area contributed by atoms with Crippen molar-refractivity contribution < 1.29 is 4.74 Å². The molecule has 0 atom stereocenters. The number of aromatic nitrogens is 2. The summed E-state index contributed by atoms with van der Waals surface area (Å²) in [5, 5.41) is 3.28. The fourth-order valence-corrected chi connectivity index (χ4v) is 1.65. The molecule has 0 spiro atoms. The number of methoxy groups -OCH3 is 1. The number of aryl methyl sites for hydroxylation is 1. The van der Waals surface area contributed by atoms with Gasteiger partial charge in [-0.15, -0.1) is 0 Å². The van der Waals surface area contributed by atoms with Crippen molar-refractivity contribution in [2.75, 3.05) is 20.3 Å². The molecule has 5 heteroatoms. The molecular formula is C13H23N3O2. The van der Waals surface area contributed by atoms with Crippen LogP contribution in [0, 0.1) is 5.92 Å². The van der Waals surface area contributed by atoms with Gasteiger partial charge in [0.1, 0.15) is 5.82 Å². The number of aromatic amines is 1. The number of ether oxygens (including phenoxy) is 1. The van der Waals surface area contributed by atoms with Crippen LogP contribution in [0.5, 0.6) is 0 Å². The Hall–Kier alpha value is -1.20. The van der Waals surface area contributed by atoms with E-state index in [9.17, 15) is 4.79 Å². The maximum absolute atomic E-state index is 11.5. The Morgan fingerprint density at radius 1 is 1.50 bits per heavy atom. The second-order valence-electron chi connectivity index (χ2n) is 4.80. The maximum Gasteiger partial charge on any atom is 0.251 e. The lowest BCUT2D eigenvalue weighted by molar-refractivity contribution is 0.194. The lowest BCUT2D eigenvalue weighted by atomic mass is 10.2. The minimum Gasteiger partial charge on any atom is -0.385 e. The van der Waals surface area contributed by atoms with Gasteiger partial charge in [-0.2, -0.15) is 0 Å². The van der Waals surface area contributed by atoms with Crippen LogP contribution in [0.2, 0.25) is 0 Å². The Morgan fingerprint density at radius 3 is 2.94 bits per heavy atom. The van der Waals surface area contributed by atoms with Crippen molar-refractivity contribution in [1.82, 2.24) is 15.3 Å². The van der Waals surface area contributed by atoms with Crippen LogP contribution < -0.4 is 10.9 Å². The number of hydrogen-bond donors (Lipinski definition) is 2. The lowest BCUT2D eigenvalue weighted by Gasteiger charge is -2.08. The number of nitrogens with zero attached hydrogens (tertiary/aromatic N) is 1. The van der Waals surface area contributed by atoms with E-state index in [2.05, 4.69) is 29.1 Å². The van der Waals surface area contributed by atoms with Crippen molar-refractivity contribution in [2.24, 2.45) is 5.92 Å². The van der Waals surface area contributed by atoms with Crippen molar-refractivity contribution in [2.45, 2.75) is 33.2 Å². The third kappa shape index (κ3) is 5.93. The quantitative estimate of drug-likeness (QED) is 0.681. The Labute approximate surface area is 108 Å². The van der Waals surface area contributed by atoms with Crippen LogP contribution in [0.4, 0.5) is 0 Å². The molecule has 5 nitrogen and oxygen atoms in total. The highest BCUT2D eigenvalue weighted by Gasteiger charge is 2.02. The topological polar surface area (TPSA) is 67.0 Å². The summed E-state index contributed by atoms with van der Waals surface area (Å²) in [6, 6.07) is 1.55. The van der Waals surface area contributed by atoms with E-state index in [0.29, 0.717) is 19.1 Å². The van der Waals surface area contributed by atoms with Crippen molar-refractivity contribution in [3.05, 3.63) is 27.9 Å². The molecule has 0 aliphatic rings. The molecule has 0 unspecified atom stereocenters. The molecule has 0 saturated heterocycles. The van der Waals surface area contributed by atoms with Crippen LogP contribution in [0.3, 0.4) is 0 Å². The molecule has 1 aromatic rings. The third-order valence-corrected chi connectivity index (χ3v) is 2.46. The zero-order valence-corrected chi connectivity index (χ0v) is 11.5. The van der Waals surface area contributed by atoms with Gasteiger partial charge in [0.05, 0.1) is 5.69 Å². The summed E-state index contributed by atoms with van der Waals surface area (Å²) in [5.74, 6) is 1.33. The second kappa shape index (κ2) is 8.00. The predicted octanol–water partition coefficient (Wildman–Crippen LogP) is 1.09. The number of hydrogen-bond acceptors (Lipinski definition) is 4. The standard InChI is InChI=1S/C13H23N3O2/c1-10(2)8-14-9-11-7-13(17)16-12(15-11)5-4-6-18-3/h7,10,14H,4-6,8-9H2,1-3H3,(H,15,16,17). The summed E-state index contributed by atoms with van der Waals surface area (Å²) in [7, 11) is 1.67. The van der Waals surface area contributed by atoms with Gasteiger partial charge in [0, 0.05) is 32.7 Å². The van der Waals surface area contributed by atoms with Crippen molar-refractivity contribution >= 4 is 0 Å². The summed E-state index contributed by atoms with van der Waals surface area (Å²) in [6.07, 6.45) is 1.60. The van der Waals surface area contributed by atoms with Crippen LogP contribution in [-0.4, -0.2) is 30.2 Å². The predicted molar refractivity (Wildman–Crippen MR) is 71.6 cm³/mol. The Balaban J connectivity index is 2.54. The van der Waals surface area contributed by atoms with E-state index < -0.39 is 0 Å². The molecule has 1 aromatic heterocycles. The number of rotatable bonds is 8. The molecule has 0 fully saturated rings. The molecule has 0 radical (unpaired) electrons. The normalized spacial score (nSPS) is 11.1. The van der Waals surface area contributed by atoms with Crippen molar-refractivity contribution in [1.29, 1.82) is 0 Å². The fraction of sp³-hybridized carbons (Fsp3) is 0.692. The fourth-order valence-electron chi connectivity index (χ4n) is 1.65. The van der Waals surface area contributed by atoms with Crippen LogP contribution in [-0.2, 0) is 17.7 Å². The monoisotopic (exact) mass is 253 g/mol. The molecule has 1 heterocycles. The zero-order chi connectivity index (χ0) is 13.4. The van der Waals surface area contributed by atoms with E-state index >= 15 is 0 Å². The van der Waals surface area contributed by atoms with Gasteiger partial charge in [0.15, 0.2) is 0 Å². The maximum atomic E-state index is 11.5. The van der Waals surface area contributed by atoms with Crippen LogP contribution >= 0.6 is 0 Å². The lowest BCUT2D eigenvalue weighted by Crippen LogP contribution is -2.22. The average Bonchev–Trinajstić information content (AvgIpc) is 2.28. The molecule has 0 aromatic carbocycles. The Morgan fingerprint density at radius 2 is 2.28 bits per heavy atom. The molecule has 0 bridgehead atoms. The zero-order valence-electron chi connectivity index (χ0n) is 11.5. The molecule has 0 aliphatic carbocycles. The van der Waals surface area contributed by atoms with Gasteiger partial charge in [-0.1, -0.05) is 13.8 Å². The second-order valence-corrected chi connectivity index (χ2v) is 4.80. The highest BCUT2D eigenvalue weighted by atomic mass is 16.5. The van der Waals surface area contributed by atoms with Crippen LogP contribution in [0.1, 0.15) is 31.8 Å². The van der Waals surface area contributed by atoms with Crippen LogP contribution in [0.25, 0.3) is 0 Å². The van der Waals surface area contributed by atoms with Gasteiger partial charge < -0.3 is 15.0 Å². The highest BCUT2D eigenvalue weighted by Crippen LogP contribution is 1.97. The van der Waals surface area contributed by atoms with Gasteiger partial charge in [0.2, 0.25) is 0 Å². The van der Waals surface area contributed by atoms with Gasteiger partial charge in [-0.25, -0.2) is 4.98 Å². The van der Waals surface area contributed by atoms with E-state index in [4.69, 9.17) is 4.74 Å². The SMILES string of the molecule is COCCCc1nc(CNCC(C)C)cc(=O)[nH]1. The molecule has 1 rings (SSSR count). The molecule has 2 N–H and O–H groups in total. The Kier molecular flexibility index (Phi) is 6.60. The van der Waals surface area contributed by atoms with E-state index in [-0.39, 0.29) is 5.56 Å². The van der Waals surface area contributed by atoms with Crippen molar-refractivity contribution in [3.8, 4) is 0 Å². The number of nitrogens with one attached hydrogen (secondary N) is 2. The van der Waals surface area contributed by atoms with Crippen molar-refractivity contribution in [3.63, 3.8) is 0 Å². The first-order valence-corrected chi connectivity index (χ1v) is 6.40. The minimum atomic E-state index is -0.0845. The average molecular weight is 253 g/mol. The van der Waals surface area contributed by atoms with E-state index in [1.54, 1.807) is 13.2 Å². The van der Waals surface area contributed by atoms with E-state index in [1.165, 1.54) is 0 Å². The first-order valence-electron chi connectivity index (χ1n) is 6.40. The van der Waals surface area contributed by atoms with Gasteiger partial charge in [0.25, 0.3) is 5.56 Å². The minimum absolute atomic E-state index is 0.0845. The van der Waals surface area contributed by atoms with Gasteiger partial charge in [-0.05, 0) is 18.9 Å². The van der Waals surface area contributed by atoms with Crippen LogP contribution in [0.15, 0.2) is 10.9 Å². The summed E-state index contributed by atoms with van der Waals surface area (Å²) in [6.45, 7) is 6.54. The molecule has 102 valence electrons. The molecule has 0 amide bonds.